The van der Waals surface area contributed by atoms with Crippen LogP contribution < -0.4 is 11.1 Å². The minimum atomic E-state index is -0.448. The maximum atomic E-state index is 9.62. The predicted molar refractivity (Wildman–Crippen MR) is 65.0 cm³/mol. The van der Waals surface area contributed by atoms with Crippen molar-refractivity contribution in [3.05, 3.63) is 23.8 Å². The molecule has 0 saturated carbocycles. The second-order valence-electron chi connectivity index (χ2n) is 4.56. The lowest BCUT2D eigenvalue weighted by molar-refractivity contribution is 0.133. The summed E-state index contributed by atoms with van der Waals surface area (Å²) in [7, 11) is 0. The number of hydrogen-bond acceptors (Lipinski definition) is 3. The van der Waals surface area contributed by atoms with E-state index in [1.54, 1.807) is 6.92 Å². The van der Waals surface area contributed by atoms with Crippen molar-refractivity contribution in [2.45, 2.75) is 39.3 Å². The number of anilines is 2. The highest BCUT2D eigenvalue weighted by Crippen LogP contribution is 2.27. The van der Waals surface area contributed by atoms with Gasteiger partial charge in [0.25, 0.3) is 0 Å². The van der Waals surface area contributed by atoms with E-state index in [1.165, 1.54) is 0 Å². The number of nitrogens with one attached hydrogen (secondary N) is 1. The minimum absolute atomic E-state index is 0.389. The van der Waals surface area contributed by atoms with Gasteiger partial charge in [0.2, 0.25) is 0 Å². The number of rotatable bonds is 3. The first-order chi connectivity index (χ1) is 6.84. The Bertz CT molecular complexity index is 325. The fourth-order valence-electron chi connectivity index (χ4n) is 1.29. The third-order valence-corrected chi connectivity index (χ3v) is 2.80. The average Bonchev–Trinajstić information content (AvgIpc) is 2.11. The van der Waals surface area contributed by atoms with Crippen molar-refractivity contribution in [2.24, 2.45) is 0 Å². The van der Waals surface area contributed by atoms with Crippen LogP contribution in [0.5, 0.6) is 0 Å². The first-order valence-electron chi connectivity index (χ1n) is 5.16. The molecule has 0 aliphatic carbocycles. The quantitative estimate of drug-likeness (QED) is 0.667. The Hall–Kier alpha value is -1.22. The van der Waals surface area contributed by atoms with E-state index in [0.29, 0.717) is 5.69 Å². The molecular formula is C12H20N2O. The van der Waals surface area contributed by atoms with Gasteiger partial charge < -0.3 is 16.2 Å². The number of aryl methyl sites for hydroxylation is 1. The lowest BCUT2D eigenvalue weighted by Crippen LogP contribution is -2.42. The van der Waals surface area contributed by atoms with Crippen molar-refractivity contribution in [3.63, 3.8) is 0 Å². The molecule has 0 saturated heterocycles. The van der Waals surface area contributed by atoms with Crippen molar-refractivity contribution >= 4 is 11.4 Å². The topological polar surface area (TPSA) is 58.3 Å². The molecule has 0 fully saturated rings. The van der Waals surface area contributed by atoms with Crippen molar-refractivity contribution < 1.29 is 5.11 Å². The van der Waals surface area contributed by atoms with Gasteiger partial charge in [-0.05, 0) is 39.3 Å². The summed E-state index contributed by atoms with van der Waals surface area (Å²) in [6.45, 7) is 7.66. The zero-order valence-corrected chi connectivity index (χ0v) is 9.83. The Balaban J connectivity index is 2.99. The molecule has 0 radical (unpaired) electrons. The van der Waals surface area contributed by atoms with Crippen molar-refractivity contribution in [3.8, 4) is 0 Å². The lowest BCUT2D eigenvalue weighted by Gasteiger charge is -2.31. The molecule has 3 nitrogen and oxygen atoms in total. The molecule has 1 unspecified atom stereocenters. The van der Waals surface area contributed by atoms with Crippen LogP contribution in [0, 0.1) is 6.92 Å². The number of nitrogens with two attached hydrogens (primary N) is 1. The molecule has 1 rings (SSSR count). The summed E-state index contributed by atoms with van der Waals surface area (Å²) in [5.41, 5.74) is 8.20. The number of para-hydroxylation sites is 1. The SMILES string of the molecule is Cc1cccc(N)c1NC(C)(C)C(C)O. The molecular weight excluding hydrogens is 188 g/mol. The Morgan fingerprint density at radius 3 is 2.47 bits per heavy atom. The fraction of sp³-hybridized carbons (Fsp3) is 0.500. The van der Waals surface area contributed by atoms with E-state index < -0.39 is 6.10 Å². The molecule has 1 aromatic rings. The number of benzene rings is 1. The van der Waals surface area contributed by atoms with Gasteiger partial charge >= 0.3 is 0 Å². The molecule has 15 heavy (non-hydrogen) atoms. The van der Waals surface area contributed by atoms with Gasteiger partial charge in [-0.1, -0.05) is 12.1 Å². The molecule has 84 valence electrons. The number of aliphatic hydroxyl groups excluding tert-OH is 1. The van der Waals surface area contributed by atoms with E-state index in [1.807, 2.05) is 39.0 Å². The zero-order chi connectivity index (χ0) is 11.6. The third kappa shape index (κ3) is 2.63. The summed E-state index contributed by atoms with van der Waals surface area (Å²) < 4.78 is 0. The summed E-state index contributed by atoms with van der Waals surface area (Å²) in [6.07, 6.45) is -0.448. The summed E-state index contributed by atoms with van der Waals surface area (Å²) >= 11 is 0. The highest BCUT2D eigenvalue weighted by molar-refractivity contribution is 5.70. The van der Waals surface area contributed by atoms with Gasteiger partial charge in [-0.25, -0.2) is 0 Å². The largest absolute Gasteiger partial charge is 0.397 e. The Labute approximate surface area is 91.3 Å². The summed E-state index contributed by atoms with van der Waals surface area (Å²) in [5, 5.41) is 12.9. The Morgan fingerprint density at radius 2 is 2.00 bits per heavy atom. The Morgan fingerprint density at radius 1 is 1.40 bits per heavy atom. The highest BCUT2D eigenvalue weighted by Gasteiger charge is 2.24. The molecule has 1 aromatic carbocycles. The van der Waals surface area contributed by atoms with Crippen LogP contribution in [-0.4, -0.2) is 16.7 Å². The number of hydrogen-bond donors (Lipinski definition) is 3. The first kappa shape index (κ1) is 11.9. The lowest BCUT2D eigenvalue weighted by atomic mass is 9.97. The first-order valence-corrected chi connectivity index (χ1v) is 5.16. The normalized spacial score (nSPS) is 13.7. The third-order valence-electron chi connectivity index (χ3n) is 2.80. The monoisotopic (exact) mass is 208 g/mol. The minimum Gasteiger partial charge on any atom is -0.397 e. The van der Waals surface area contributed by atoms with Gasteiger partial charge in [0.1, 0.15) is 0 Å². The smallest absolute Gasteiger partial charge is 0.0736 e. The summed E-state index contributed by atoms with van der Waals surface area (Å²) in [5.74, 6) is 0. The standard InChI is InChI=1S/C12H20N2O/c1-8-6-5-7-10(13)11(8)14-12(3,4)9(2)15/h5-7,9,14-15H,13H2,1-4H3. The molecule has 0 aliphatic rings. The predicted octanol–water partition coefficient (Wildman–Crippen LogP) is 2.15. The number of nitrogen functional groups attached to an aromatic ring is 1. The van der Waals surface area contributed by atoms with Crippen LogP contribution in [0.3, 0.4) is 0 Å². The van der Waals surface area contributed by atoms with Crippen LogP contribution in [0.2, 0.25) is 0 Å². The average molecular weight is 208 g/mol. The zero-order valence-electron chi connectivity index (χ0n) is 9.83. The summed E-state index contributed by atoms with van der Waals surface area (Å²) in [6, 6.07) is 5.77. The fourth-order valence-corrected chi connectivity index (χ4v) is 1.29. The van der Waals surface area contributed by atoms with Crippen LogP contribution in [0.4, 0.5) is 11.4 Å². The van der Waals surface area contributed by atoms with Crippen molar-refractivity contribution in [2.75, 3.05) is 11.1 Å². The van der Waals surface area contributed by atoms with Gasteiger partial charge in [-0.15, -0.1) is 0 Å². The van der Waals surface area contributed by atoms with Crippen molar-refractivity contribution in [1.82, 2.24) is 0 Å². The Kier molecular flexibility index (Phi) is 3.25. The molecule has 0 aromatic heterocycles. The molecule has 1 atom stereocenters. The number of aliphatic hydroxyl groups is 1. The van der Waals surface area contributed by atoms with Gasteiger partial charge in [0.15, 0.2) is 0 Å². The van der Waals surface area contributed by atoms with E-state index in [9.17, 15) is 5.11 Å². The van der Waals surface area contributed by atoms with Gasteiger partial charge in [-0.3, -0.25) is 0 Å². The van der Waals surface area contributed by atoms with E-state index in [2.05, 4.69) is 5.32 Å². The summed E-state index contributed by atoms with van der Waals surface area (Å²) in [4.78, 5) is 0. The molecule has 0 amide bonds. The van der Waals surface area contributed by atoms with Crippen LogP contribution in [0.25, 0.3) is 0 Å². The van der Waals surface area contributed by atoms with Gasteiger partial charge in [0.05, 0.1) is 23.0 Å². The highest BCUT2D eigenvalue weighted by atomic mass is 16.3. The van der Waals surface area contributed by atoms with E-state index >= 15 is 0 Å². The molecule has 0 spiro atoms. The maximum absolute atomic E-state index is 9.62. The molecule has 0 aliphatic heterocycles. The molecule has 0 bridgehead atoms. The second-order valence-corrected chi connectivity index (χ2v) is 4.56. The van der Waals surface area contributed by atoms with E-state index in [4.69, 9.17) is 5.73 Å². The molecule has 4 N–H and O–H groups in total. The van der Waals surface area contributed by atoms with E-state index in [0.717, 1.165) is 11.3 Å². The maximum Gasteiger partial charge on any atom is 0.0736 e. The molecule has 0 heterocycles. The van der Waals surface area contributed by atoms with Crippen LogP contribution in [0.15, 0.2) is 18.2 Å². The van der Waals surface area contributed by atoms with Gasteiger partial charge in [0, 0.05) is 0 Å². The van der Waals surface area contributed by atoms with Gasteiger partial charge in [-0.2, -0.15) is 0 Å². The van der Waals surface area contributed by atoms with Crippen LogP contribution in [0.1, 0.15) is 26.3 Å². The van der Waals surface area contributed by atoms with Crippen molar-refractivity contribution in [1.29, 1.82) is 0 Å². The second kappa shape index (κ2) is 4.11. The molecule has 3 heteroatoms. The van der Waals surface area contributed by atoms with Crippen LogP contribution in [-0.2, 0) is 0 Å². The van der Waals surface area contributed by atoms with E-state index in [-0.39, 0.29) is 5.54 Å². The van der Waals surface area contributed by atoms with Crippen LogP contribution >= 0.6 is 0 Å².